The summed E-state index contributed by atoms with van der Waals surface area (Å²) in [7, 11) is -3.68. The first-order valence-corrected chi connectivity index (χ1v) is 10.6. The lowest BCUT2D eigenvalue weighted by Gasteiger charge is -2.11. The summed E-state index contributed by atoms with van der Waals surface area (Å²) in [5.41, 5.74) is 1.97. The molecule has 0 bridgehead atoms. The topological polar surface area (TPSA) is 73.6 Å². The zero-order valence-electron chi connectivity index (χ0n) is 14.3. The molecule has 1 heterocycles. The Balaban J connectivity index is 2.20. The van der Waals surface area contributed by atoms with Crippen LogP contribution in [-0.2, 0) is 16.5 Å². The molecule has 0 N–H and O–H groups in total. The van der Waals surface area contributed by atoms with Crippen molar-refractivity contribution in [2.45, 2.75) is 19.8 Å². The van der Waals surface area contributed by atoms with Crippen LogP contribution in [0.1, 0.15) is 18.9 Å². The fourth-order valence-electron chi connectivity index (χ4n) is 2.74. The van der Waals surface area contributed by atoms with Crippen LogP contribution in [0.3, 0.4) is 0 Å². The summed E-state index contributed by atoms with van der Waals surface area (Å²) in [5.74, 6) is 0.196. The molecule has 0 spiro atoms. The van der Waals surface area contributed by atoms with E-state index >= 15 is 0 Å². The average Bonchev–Trinajstić information content (AvgIpc) is 2.56. The van der Waals surface area contributed by atoms with Gasteiger partial charge in [-0.05, 0) is 35.7 Å². The molecule has 0 atom stereocenters. The summed E-state index contributed by atoms with van der Waals surface area (Å²) in [6.07, 6.45) is 3.74. The molecule has 0 aliphatic heterocycles. The van der Waals surface area contributed by atoms with Gasteiger partial charge in [-0.2, -0.15) is 8.42 Å². The Bertz CT molecular complexity index is 1120. The van der Waals surface area contributed by atoms with E-state index in [4.69, 9.17) is 8.60 Å². The number of rotatable bonds is 5. The van der Waals surface area contributed by atoms with Crippen molar-refractivity contribution in [3.05, 3.63) is 62.9 Å². The van der Waals surface area contributed by atoms with Crippen LogP contribution in [0.15, 0.2) is 56.3 Å². The SMILES string of the molecule is CCCc1cc2c(=O)c(-c3ccc(Br)cc3)coc2cc1OS(C)(=O)=O. The van der Waals surface area contributed by atoms with E-state index in [2.05, 4.69) is 15.9 Å². The second kappa shape index (κ2) is 7.25. The molecule has 0 radical (unpaired) electrons. The van der Waals surface area contributed by atoms with E-state index in [9.17, 15) is 13.2 Å². The second-order valence-electron chi connectivity index (χ2n) is 5.98. The number of aryl methyl sites for hydroxylation is 1. The van der Waals surface area contributed by atoms with Crippen molar-refractivity contribution < 1.29 is 17.0 Å². The molecule has 26 heavy (non-hydrogen) atoms. The molecule has 0 unspecified atom stereocenters. The van der Waals surface area contributed by atoms with E-state index in [1.165, 1.54) is 12.3 Å². The lowest BCUT2D eigenvalue weighted by Crippen LogP contribution is -2.10. The molecule has 0 fully saturated rings. The molecule has 5 nitrogen and oxygen atoms in total. The van der Waals surface area contributed by atoms with E-state index in [1.807, 2.05) is 31.2 Å². The fourth-order valence-corrected chi connectivity index (χ4v) is 3.48. The van der Waals surface area contributed by atoms with E-state index in [0.717, 1.165) is 22.7 Å². The van der Waals surface area contributed by atoms with Crippen molar-refractivity contribution in [2.75, 3.05) is 6.26 Å². The zero-order chi connectivity index (χ0) is 18.9. The van der Waals surface area contributed by atoms with Gasteiger partial charge in [-0.3, -0.25) is 4.79 Å². The average molecular weight is 437 g/mol. The van der Waals surface area contributed by atoms with Gasteiger partial charge in [0.05, 0.1) is 17.2 Å². The van der Waals surface area contributed by atoms with Crippen molar-refractivity contribution in [3.8, 4) is 16.9 Å². The summed E-state index contributed by atoms with van der Waals surface area (Å²) in [6, 6.07) is 10.5. The van der Waals surface area contributed by atoms with Gasteiger partial charge in [-0.25, -0.2) is 0 Å². The van der Waals surface area contributed by atoms with Crippen molar-refractivity contribution in [1.82, 2.24) is 0 Å². The number of hydrogen-bond donors (Lipinski definition) is 0. The van der Waals surface area contributed by atoms with Gasteiger partial charge >= 0.3 is 10.1 Å². The van der Waals surface area contributed by atoms with Gasteiger partial charge in [0.2, 0.25) is 5.43 Å². The molecule has 2 aromatic carbocycles. The lowest BCUT2D eigenvalue weighted by atomic mass is 10.0. The largest absolute Gasteiger partial charge is 0.463 e. The first kappa shape index (κ1) is 18.7. The van der Waals surface area contributed by atoms with Crippen LogP contribution in [0.5, 0.6) is 5.75 Å². The normalized spacial score (nSPS) is 11.7. The molecular formula is C19H17BrO5S. The maximum absolute atomic E-state index is 12.9. The maximum atomic E-state index is 12.9. The highest BCUT2D eigenvalue weighted by Gasteiger charge is 2.16. The van der Waals surface area contributed by atoms with Crippen LogP contribution < -0.4 is 9.61 Å². The summed E-state index contributed by atoms with van der Waals surface area (Å²) in [6.45, 7) is 1.97. The molecule has 3 rings (SSSR count). The number of fused-ring (bicyclic) bond motifs is 1. The van der Waals surface area contributed by atoms with E-state index in [1.54, 1.807) is 6.07 Å². The first-order chi connectivity index (χ1) is 12.3. The minimum atomic E-state index is -3.68. The second-order valence-corrected chi connectivity index (χ2v) is 8.47. The van der Waals surface area contributed by atoms with Crippen LogP contribution in [0, 0.1) is 0 Å². The summed E-state index contributed by atoms with van der Waals surface area (Å²) < 4.78 is 34.6. The van der Waals surface area contributed by atoms with Crippen LogP contribution in [-0.4, -0.2) is 14.7 Å². The zero-order valence-corrected chi connectivity index (χ0v) is 16.7. The number of benzene rings is 2. The van der Waals surface area contributed by atoms with Gasteiger partial charge in [0.15, 0.2) is 0 Å². The smallest absolute Gasteiger partial charge is 0.306 e. The third-order valence-electron chi connectivity index (χ3n) is 3.87. The van der Waals surface area contributed by atoms with Crippen molar-refractivity contribution >= 4 is 37.0 Å². The van der Waals surface area contributed by atoms with Crippen molar-refractivity contribution in [3.63, 3.8) is 0 Å². The highest BCUT2D eigenvalue weighted by molar-refractivity contribution is 9.10. The fraction of sp³-hybridized carbons (Fsp3) is 0.211. The Labute approximate surface area is 159 Å². The molecule has 136 valence electrons. The van der Waals surface area contributed by atoms with Crippen LogP contribution in [0.4, 0.5) is 0 Å². The lowest BCUT2D eigenvalue weighted by molar-refractivity contribution is 0.488. The van der Waals surface area contributed by atoms with Gasteiger partial charge in [0, 0.05) is 10.5 Å². The molecule has 7 heteroatoms. The van der Waals surface area contributed by atoms with Crippen LogP contribution >= 0.6 is 15.9 Å². The van der Waals surface area contributed by atoms with Gasteiger partial charge in [-0.15, -0.1) is 0 Å². The summed E-state index contributed by atoms with van der Waals surface area (Å²) in [4.78, 5) is 12.9. The predicted octanol–water partition coefficient (Wildman–Crippen LogP) is 4.51. The van der Waals surface area contributed by atoms with Gasteiger partial charge < -0.3 is 8.60 Å². The van der Waals surface area contributed by atoms with E-state index in [-0.39, 0.29) is 16.8 Å². The van der Waals surface area contributed by atoms with E-state index in [0.29, 0.717) is 22.9 Å². The summed E-state index contributed by atoms with van der Waals surface area (Å²) in [5, 5.41) is 0.398. The molecule has 0 aliphatic rings. The minimum absolute atomic E-state index is 0.170. The third-order valence-corrected chi connectivity index (χ3v) is 4.88. The third kappa shape index (κ3) is 3.99. The highest BCUT2D eigenvalue weighted by atomic mass is 79.9. The van der Waals surface area contributed by atoms with Gasteiger partial charge in [-0.1, -0.05) is 41.4 Å². The molecular weight excluding hydrogens is 420 g/mol. The minimum Gasteiger partial charge on any atom is -0.463 e. The Hall–Kier alpha value is -2.12. The van der Waals surface area contributed by atoms with Gasteiger partial charge in [0.1, 0.15) is 17.6 Å². The van der Waals surface area contributed by atoms with Crippen molar-refractivity contribution in [2.24, 2.45) is 0 Å². The Morgan fingerprint density at radius 1 is 1.15 bits per heavy atom. The maximum Gasteiger partial charge on any atom is 0.306 e. The molecule has 0 amide bonds. The molecule has 0 aliphatic carbocycles. The Kier molecular flexibility index (Phi) is 5.20. The van der Waals surface area contributed by atoms with Crippen LogP contribution in [0.2, 0.25) is 0 Å². The molecule has 0 saturated carbocycles. The quantitative estimate of drug-likeness (QED) is 0.549. The van der Waals surface area contributed by atoms with Crippen molar-refractivity contribution in [1.29, 1.82) is 0 Å². The summed E-state index contributed by atoms with van der Waals surface area (Å²) >= 11 is 3.37. The van der Waals surface area contributed by atoms with E-state index < -0.39 is 10.1 Å². The highest BCUT2D eigenvalue weighted by Crippen LogP contribution is 2.29. The predicted molar refractivity (Wildman–Crippen MR) is 105 cm³/mol. The molecule has 3 aromatic rings. The Morgan fingerprint density at radius 3 is 2.46 bits per heavy atom. The number of hydrogen-bond acceptors (Lipinski definition) is 5. The van der Waals surface area contributed by atoms with Crippen LogP contribution in [0.25, 0.3) is 22.1 Å². The first-order valence-electron chi connectivity index (χ1n) is 8.02. The molecule has 0 saturated heterocycles. The molecule has 1 aromatic heterocycles. The Morgan fingerprint density at radius 2 is 1.85 bits per heavy atom. The monoisotopic (exact) mass is 436 g/mol. The standard InChI is InChI=1S/C19H17BrO5S/c1-3-4-13-9-15-18(10-17(13)25-26(2,22)23)24-11-16(19(15)21)12-5-7-14(20)8-6-12/h5-11H,3-4H2,1-2H3. The van der Waals surface area contributed by atoms with Gasteiger partial charge in [0.25, 0.3) is 0 Å². The number of halogens is 1.